The SMILES string of the molecule is CCNC(=O)Nc1ncnc2c1ncn2[C@@H]1O[C@H](CCC(=O)O)[C@@H]2O[C@H](c3ccccc3)OC21. The Balaban J connectivity index is 1.45. The molecular weight excluding hydrogens is 444 g/mol. The third-order valence-corrected chi connectivity index (χ3v) is 5.76. The van der Waals surface area contributed by atoms with E-state index < -0.39 is 42.8 Å². The molecule has 12 nitrogen and oxygen atoms in total. The van der Waals surface area contributed by atoms with Gasteiger partial charge >= 0.3 is 12.0 Å². The number of carboxylic acids is 1. The van der Waals surface area contributed by atoms with E-state index in [-0.39, 0.29) is 18.7 Å². The van der Waals surface area contributed by atoms with Gasteiger partial charge in [-0.1, -0.05) is 30.3 Å². The largest absolute Gasteiger partial charge is 0.481 e. The summed E-state index contributed by atoms with van der Waals surface area (Å²) < 4.78 is 20.4. The average molecular weight is 468 g/mol. The minimum absolute atomic E-state index is 0.0621. The van der Waals surface area contributed by atoms with Crippen molar-refractivity contribution in [1.29, 1.82) is 0 Å². The average Bonchev–Trinajstić information content (AvgIpc) is 3.53. The first-order valence-electron chi connectivity index (χ1n) is 11.0. The number of amides is 2. The van der Waals surface area contributed by atoms with Crippen molar-refractivity contribution in [3.8, 4) is 0 Å². The van der Waals surface area contributed by atoms with Gasteiger partial charge in [0.15, 0.2) is 29.5 Å². The highest BCUT2D eigenvalue weighted by Gasteiger charge is 2.53. The van der Waals surface area contributed by atoms with Crippen LogP contribution in [0, 0.1) is 0 Å². The van der Waals surface area contributed by atoms with Crippen molar-refractivity contribution in [2.45, 2.75) is 50.6 Å². The van der Waals surface area contributed by atoms with Crippen LogP contribution in [0.25, 0.3) is 11.2 Å². The fourth-order valence-electron chi connectivity index (χ4n) is 4.27. The Hall–Kier alpha value is -3.61. The number of imidazole rings is 1. The maximum atomic E-state index is 12.0. The molecule has 2 aliphatic heterocycles. The van der Waals surface area contributed by atoms with Crippen molar-refractivity contribution in [2.75, 3.05) is 11.9 Å². The Morgan fingerprint density at radius 3 is 2.65 bits per heavy atom. The molecule has 2 aliphatic rings. The predicted molar refractivity (Wildman–Crippen MR) is 118 cm³/mol. The summed E-state index contributed by atoms with van der Waals surface area (Å²) >= 11 is 0. The molecule has 2 saturated heterocycles. The number of aliphatic carboxylic acids is 1. The molecule has 0 spiro atoms. The second kappa shape index (κ2) is 9.33. The van der Waals surface area contributed by atoms with E-state index in [0.29, 0.717) is 17.7 Å². The van der Waals surface area contributed by atoms with E-state index in [1.54, 1.807) is 10.9 Å². The van der Waals surface area contributed by atoms with E-state index in [1.165, 1.54) is 6.33 Å². The van der Waals surface area contributed by atoms with Crippen molar-refractivity contribution >= 4 is 29.0 Å². The molecule has 5 atom stereocenters. The van der Waals surface area contributed by atoms with Gasteiger partial charge in [-0.2, -0.15) is 0 Å². The summed E-state index contributed by atoms with van der Waals surface area (Å²) in [5.41, 5.74) is 1.69. The molecule has 0 aliphatic carbocycles. The van der Waals surface area contributed by atoms with Gasteiger partial charge in [0.2, 0.25) is 0 Å². The molecule has 2 aromatic heterocycles. The Morgan fingerprint density at radius 2 is 1.88 bits per heavy atom. The lowest BCUT2D eigenvalue weighted by atomic mass is 10.1. The standard InChI is InChI=1S/C22H24N6O6/c1-2-23-22(31)27-18-15-19(25-10-24-18)28(11-26-15)20-17-16(13(32-20)8-9-14(29)30)33-21(34-17)12-6-4-3-5-7-12/h3-7,10-11,13,16-17,20-21H,2,8-9H2,1H3,(H,29,30)(H2,23,24,25,27,31)/t13-,16+,17?,20-,21+/m1/s1. The van der Waals surface area contributed by atoms with Gasteiger partial charge < -0.3 is 24.6 Å². The van der Waals surface area contributed by atoms with Gasteiger partial charge in [0.1, 0.15) is 18.5 Å². The van der Waals surface area contributed by atoms with E-state index in [0.717, 1.165) is 5.56 Å². The number of hydrogen-bond acceptors (Lipinski definition) is 8. The summed E-state index contributed by atoms with van der Waals surface area (Å²) in [4.78, 5) is 36.0. The van der Waals surface area contributed by atoms with Crippen molar-refractivity contribution in [1.82, 2.24) is 24.8 Å². The van der Waals surface area contributed by atoms with Crippen LogP contribution in [0.2, 0.25) is 0 Å². The molecular formula is C22H24N6O6. The number of carbonyl (C=O) groups excluding carboxylic acids is 1. The third-order valence-electron chi connectivity index (χ3n) is 5.76. The number of ether oxygens (including phenoxy) is 3. The molecule has 34 heavy (non-hydrogen) atoms. The van der Waals surface area contributed by atoms with E-state index in [2.05, 4.69) is 25.6 Å². The zero-order chi connectivity index (χ0) is 23.7. The number of carbonyl (C=O) groups is 2. The second-order valence-electron chi connectivity index (χ2n) is 7.97. The first-order chi connectivity index (χ1) is 16.5. The first-order valence-corrected chi connectivity index (χ1v) is 11.0. The molecule has 1 unspecified atom stereocenters. The highest BCUT2D eigenvalue weighted by Crippen LogP contribution is 2.45. The van der Waals surface area contributed by atoms with Gasteiger partial charge in [-0.15, -0.1) is 0 Å². The molecule has 3 N–H and O–H groups in total. The van der Waals surface area contributed by atoms with Crippen molar-refractivity contribution in [3.63, 3.8) is 0 Å². The third kappa shape index (κ3) is 4.18. The first kappa shape index (κ1) is 22.2. The molecule has 178 valence electrons. The number of benzene rings is 1. The number of urea groups is 1. The number of nitrogens with zero attached hydrogens (tertiary/aromatic N) is 4. The summed E-state index contributed by atoms with van der Waals surface area (Å²) in [7, 11) is 0. The Labute approximate surface area is 194 Å². The van der Waals surface area contributed by atoms with Crippen molar-refractivity contribution in [3.05, 3.63) is 48.5 Å². The van der Waals surface area contributed by atoms with Crippen LogP contribution in [0.3, 0.4) is 0 Å². The van der Waals surface area contributed by atoms with Gasteiger partial charge in [0.05, 0.1) is 12.4 Å². The Bertz CT molecular complexity index is 1190. The number of anilines is 1. The molecule has 0 bridgehead atoms. The van der Waals surface area contributed by atoms with Crippen LogP contribution < -0.4 is 10.6 Å². The smallest absolute Gasteiger partial charge is 0.320 e. The summed E-state index contributed by atoms with van der Waals surface area (Å²) in [6.45, 7) is 2.27. The van der Waals surface area contributed by atoms with E-state index in [4.69, 9.17) is 14.2 Å². The zero-order valence-corrected chi connectivity index (χ0v) is 18.3. The second-order valence-corrected chi connectivity index (χ2v) is 7.97. The fourth-order valence-corrected chi connectivity index (χ4v) is 4.27. The van der Waals surface area contributed by atoms with Gasteiger partial charge in [0.25, 0.3) is 0 Å². The lowest BCUT2D eigenvalue weighted by Gasteiger charge is -2.21. The number of rotatable bonds is 7. The van der Waals surface area contributed by atoms with E-state index >= 15 is 0 Å². The Morgan fingerprint density at radius 1 is 1.09 bits per heavy atom. The molecule has 2 fully saturated rings. The normalized spacial score (nSPS) is 25.9. The van der Waals surface area contributed by atoms with Crippen LogP contribution in [0.5, 0.6) is 0 Å². The molecule has 2 amide bonds. The molecule has 1 aromatic carbocycles. The summed E-state index contributed by atoms with van der Waals surface area (Å²) in [5, 5.41) is 14.5. The van der Waals surface area contributed by atoms with Crippen molar-refractivity contribution in [2.24, 2.45) is 0 Å². The number of fused-ring (bicyclic) bond motifs is 2. The van der Waals surface area contributed by atoms with Crippen molar-refractivity contribution < 1.29 is 28.9 Å². The number of hydrogen-bond donors (Lipinski definition) is 3. The number of nitrogens with one attached hydrogen (secondary N) is 2. The highest BCUT2D eigenvalue weighted by atomic mass is 16.8. The maximum absolute atomic E-state index is 12.0. The molecule has 4 heterocycles. The topological polar surface area (TPSA) is 150 Å². The van der Waals surface area contributed by atoms with Crippen LogP contribution in [0.1, 0.15) is 37.8 Å². The Kier molecular flexibility index (Phi) is 6.09. The van der Waals surface area contributed by atoms with Gasteiger partial charge in [-0.05, 0) is 13.3 Å². The minimum Gasteiger partial charge on any atom is -0.481 e. The quantitative estimate of drug-likeness (QED) is 0.474. The molecule has 3 aromatic rings. The number of aromatic nitrogens is 4. The lowest BCUT2D eigenvalue weighted by Crippen LogP contribution is -2.29. The molecule has 5 rings (SSSR count). The van der Waals surface area contributed by atoms with E-state index in [1.807, 2.05) is 37.3 Å². The minimum atomic E-state index is -0.913. The number of carboxylic acid groups (broad SMARTS) is 1. The molecule has 12 heteroatoms. The van der Waals surface area contributed by atoms with Gasteiger partial charge in [-0.3, -0.25) is 14.7 Å². The van der Waals surface area contributed by atoms with Crippen LogP contribution in [0.4, 0.5) is 10.6 Å². The van der Waals surface area contributed by atoms with Gasteiger partial charge in [-0.25, -0.2) is 19.7 Å². The van der Waals surface area contributed by atoms with Crippen LogP contribution >= 0.6 is 0 Å². The lowest BCUT2D eigenvalue weighted by molar-refractivity contribution is -0.151. The monoisotopic (exact) mass is 468 g/mol. The summed E-state index contributed by atoms with van der Waals surface area (Å²) in [6.07, 6.45) is 0.337. The van der Waals surface area contributed by atoms with Gasteiger partial charge in [0, 0.05) is 18.5 Å². The fraction of sp³-hybridized carbons (Fsp3) is 0.409. The maximum Gasteiger partial charge on any atom is 0.320 e. The molecule has 0 saturated carbocycles. The van der Waals surface area contributed by atoms with Crippen LogP contribution in [-0.2, 0) is 19.0 Å². The summed E-state index contributed by atoms with van der Waals surface area (Å²) in [5.74, 6) is -0.651. The van der Waals surface area contributed by atoms with Crippen LogP contribution in [0.15, 0.2) is 43.0 Å². The summed E-state index contributed by atoms with van der Waals surface area (Å²) in [6, 6.07) is 9.12. The predicted octanol–water partition coefficient (Wildman–Crippen LogP) is 2.21. The highest BCUT2D eigenvalue weighted by molar-refractivity contribution is 5.95. The van der Waals surface area contributed by atoms with E-state index in [9.17, 15) is 14.7 Å². The molecule has 0 radical (unpaired) electrons. The van der Waals surface area contributed by atoms with Crippen LogP contribution in [-0.4, -0.2) is 61.5 Å². The zero-order valence-electron chi connectivity index (χ0n) is 18.3.